The van der Waals surface area contributed by atoms with Crippen LogP contribution >= 0.6 is 0 Å². The van der Waals surface area contributed by atoms with Gasteiger partial charge in [0.25, 0.3) is 5.91 Å². The Hall–Kier alpha value is -3.79. The number of hydrogen-bond acceptors (Lipinski definition) is 6. The molecule has 0 unspecified atom stereocenters. The number of fused-ring (bicyclic) bond motifs is 1. The van der Waals surface area contributed by atoms with Crippen molar-refractivity contribution in [3.8, 4) is 17.6 Å². The predicted molar refractivity (Wildman–Crippen MR) is 116 cm³/mol. The Balaban J connectivity index is 1.68. The van der Waals surface area contributed by atoms with Gasteiger partial charge in [-0.3, -0.25) is 4.79 Å². The maximum Gasteiger partial charge on any atom is 0.258 e. The lowest BCUT2D eigenvalue weighted by atomic mass is 10.1. The topological polar surface area (TPSA) is 96.3 Å². The summed E-state index contributed by atoms with van der Waals surface area (Å²) in [5.74, 6) is 1.08. The number of amides is 1. The van der Waals surface area contributed by atoms with Crippen LogP contribution in [0, 0.1) is 11.3 Å². The molecule has 0 spiro atoms. The normalized spacial score (nSPS) is 10.3. The number of methoxy groups -OCH3 is 2. The van der Waals surface area contributed by atoms with E-state index in [1.54, 1.807) is 18.2 Å². The van der Waals surface area contributed by atoms with Gasteiger partial charge in [-0.25, -0.2) is 4.98 Å². The molecule has 1 amide bonds. The fourth-order valence-corrected chi connectivity index (χ4v) is 3.19. The average Bonchev–Trinajstić information content (AvgIpc) is 2.79. The molecule has 3 aromatic rings. The molecule has 0 aliphatic rings. The van der Waals surface area contributed by atoms with E-state index in [2.05, 4.69) is 28.6 Å². The van der Waals surface area contributed by atoms with Crippen LogP contribution in [0.15, 0.2) is 42.5 Å². The van der Waals surface area contributed by atoms with E-state index in [-0.39, 0.29) is 5.91 Å². The summed E-state index contributed by atoms with van der Waals surface area (Å²) < 4.78 is 10.5. The highest BCUT2D eigenvalue weighted by Crippen LogP contribution is 2.28. The van der Waals surface area contributed by atoms with Crippen molar-refractivity contribution in [3.63, 3.8) is 0 Å². The second-order valence-electron chi connectivity index (χ2n) is 6.60. The van der Waals surface area contributed by atoms with Gasteiger partial charge >= 0.3 is 0 Å². The molecule has 0 saturated carbocycles. The molecule has 0 bridgehead atoms. The van der Waals surface area contributed by atoms with E-state index in [4.69, 9.17) is 9.47 Å². The number of anilines is 1. The fraction of sp³-hybridized carbons (Fsp3) is 0.261. The lowest BCUT2D eigenvalue weighted by molar-refractivity contribution is 0.0949. The molecule has 2 aromatic carbocycles. The summed E-state index contributed by atoms with van der Waals surface area (Å²) in [5.41, 5.74) is 2.82. The monoisotopic (exact) mass is 404 g/mol. The second-order valence-corrected chi connectivity index (χ2v) is 6.60. The Morgan fingerprint density at radius 2 is 1.83 bits per heavy atom. The summed E-state index contributed by atoms with van der Waals surface area (Å²) in [4.78, 5) is 17.2. The predicted octanol–water partition coefficient (Wildman–Crippen LogP) is 3.53. The lowest BCUT2D eigenvalue weighted by Crippen LogP contribution is -2.29. The number of pyridine rings is 1. The van der Waals surface area contributed by atoms with Crippen LogP contribution in [0.5, 0.6) is 11.5 Å². The number of benzene rings is 2. The molecule has 0 atom stereocenters. The van der Waals surface area contributed by atoms with Gasteiger partial charge in [0.05, 0.1) is 25.3 Å². The zero-order chi connectivity index (χ0) is 21.5. The summed E-state index contributed by atoms with van der Waals surface area (Å²) in [5, 5.41) is 16.4. The van der Waals surface area contributed by atoms with E-state index >= 15 is 0 Å². The molecule has 0 aliphatic heterocycles. The minimum Gasteiger partial charge on any atom is -0.496 e. The molecule has 2 N–H and O–H groups in total. The SMILES string of the molecule is CCc1ccc2nc(NCCNC(=O)c3c(OC)cccc3OC)c(C#N)cc2c1. The summed E-state index contributed by atoms with van der Waals surface area (Å²) in [7, 11) is 3.01. The van der Waals surface area contributed by atoms with Gasteiger partial charge < -0.3 is 20.1 Å². The zero-order valence-electron chi connectivity index (χ0n) is 17.3. The molecule has 7 nitrogen and oxygen atoms in total. The molecule has 3 rings (SSSR count). The Kier molecular flexibility index (Phi) is 6.71. The van der Waals surface area contributed by atoms with Crippen LogP contribution in [0.1, 0.15) is 28.4 Å². The Morgan fingerprint density at radius 3 is 2.47 bits per heavy atom. The average molecular weight is 404 g/mol. The van der Waals surface area contributed by atoms with E-state index in [1.165, 1.54) is 19.8 Å². The number of nitrogens with one attached hydrogen (secondary N) is 2. The lowest BCUT2D eigenvalue weighted by Gasteiger charge is -2.14. The van der Waals surface area contributed by atoms with Crippen LogP contribution in [0.2, 0.25) is 0 Å². The number of carbonyl (C=O) groups excluding carboxylic acids is 1. The largest absolute Gasteiger partial charge is 0.496 e. The third-order valence-electron chi connectivity index (χ3n) is 4.77. The molecule has 154 valence electrons. The van der Waals surface area contributed by atoms with Crippen LogP contribution in [0.25, 0.3) is 10.9 Å². The quantitative estimate of drug-likeness (QED) is 0.558. The van der Waals surface area contributed by atoms with Crippen LogP contribution in [-0.2, 0) is 6.42 Å². The van der Waals surface area contributed by atoms with Gasteiger partial charge in [0.1, 0.15) is 28.9 Å². The smallest absolute Gasteiger partial charge is 0.258 e. The third-order valence-corrected chi connectivity index (χ3v) is 4.77. The number of ether oxygens (including phenoxy) is 2. The number of aryl methyl sites for hydroxylation is 1. The maximum absolute atomic E-state index is 12.6. The van der Waals surface area contributed by atoms with Gasteiger partial charge in [-0.15, -0.1) is 0 Å². The minimum absolute atomic E-state index is 0.301. The highest BCUT2D eigenvalue weighted by Gasteiger charge is 2.17. The molecule has 7 heteroatoms. The highest BCUT2D eigenvalue weighted by molar-refractivity contribution is 5.99. The molecule has 30 heavy (non-hydrogen) atoms. The van der Waals surface area contributed by atoms with Gasteiger partial charge in [-0.2, -0.15) is 5.26 Å². The number of nitrogens with zero attached hydrogens (tertiary/aromatic N) is 2. The van der Waals surface area contributed by atoms with Gasteiger partial charge in [0.15, 0.2) is 0 Å². The molecular formula is C23H24N4O3. The van der Waals surface area contributed by atoms with Crippen LogP contribution in [0.4, 0.5) is 5.82 Å². The van der Waals surface area contributed by atoms with Gasteiger partial charge in [0, 0.05) is 18.5 Å². The van der Waals surface area contributed by atoms with Gasteiger partial charge in [-0.05, 0) is 42.3 Å². The third kappa shape index (κ3) is 4.44. The van der Waals surface area contributed by atoms with Gasteiger partial charge in [0.2, 0.25) is 0 Å². The van der Waals surface area contributed by atoms with Crippen molar-refractivity contribution in [2.75, 3.05) is 32.6 Å². The minimum atomic E-state index is -0.301. The second kappa shape index (κ2) is 9.61. The van der Waals surface area contributed by atoms with Crippen molar-refractivity contribution in [2.45, 2.75) is 13.3 Å². The number of nitriles is 1. The van der Waals surface area contributed by atoms with Crippen molar-refractivity contribution < 1.29 is 14.3 Å². The van der Waals surface area contributed by atoms with E-state index in [1.807, 2.05) is 24.3 Å². The Bertz CT molecular complexity index is 1080. The van der Waals surface area contributed by atoms with Crippen LogP contribution < -0.4 is 20.1 Å². The first-order chi connectivity index (χ1) is 14.6. The summed E-state index contributed by atoms with van der Waals surface area (Å²) >= 11 is 0. The maximum atomic E-state index is 12.6. The molecule has 0 aliphatic carbocycles. The van der Waals surface area contributed by atoms with Crippen molar-refractivity contribution in [1.29, 1.82) is 5.26 Å². The number of aromatic nitrogens is 1. The van der Waals surface area contributed by atoms with E-state index in [0.717, 1.165) is 17.3 Å². The standard InChI is InChI=1S/C23H24N4O3/c1-4-15-8-9-18-16(12-15)13-17(14-24)22(27-18)25-10-11-26-23(28)21-19(29-2)6-5-7-20(21)30-3/h5-9,12-13H,4,10-11H2,1-3H3,(H,25,27)(H,26,28). The first kappa shape index (κ1) is 20.9. The number of rotatable bonds is 8. The molecule has 1 heterocycles. The van der Waals surface area contributed by atoms with Crippen molar-refractivity contribution >= 4 is 22.6 Å². The van der Waals surface area contributed by atoms with Crippen molar-refractivity contribution in [1.82, 2.24) is 10.3 Å². The molecule has 0 fully saturated rings. The van der Waals surface area contributed by atoms with Gasteiger partial charge in [-0.1, -0.05) is 19.1 Å². The summed E-state index contributed by atoms with van der Waals surface area (Å²) in [6.45, 7) is 2.83. The summed E-state index contributed by atoms with van der Waals surface area (Å²) in [6, 6.07) is 15.2. The fourth-order valence-electron chi connectivity index (χ4n) is 3.19. The zero-order valence-corrected chi connectivity index (χ0v) is 17.3. The first-order valence-corrected chi connectivity index (χ1v) is 9.68. The number of hydrogen-bond donors (Lipinski definition) is 2. The van der Waals surface area contributed by atoms with Crippen LogP contribution in [-0.4, -0.2) is 38.2 Å². The van der Waals surface area contributed by atoms with Crippen molar-refractivity contribution in [3.05, 3.63) is 59.2 Å². The molecular weight excluding hydrogens is 380 g/mol. The van der Waals surface area contributed by atoms with Crippen LogP contribution in [0.3, 0.4) is 0 Å². The first-order valence-electron chi connectivity index (χ1n) is 9.68. The number of carbonyl (C=O) groups is 1. The Morgan fingerprint density at radius 1 is 1.10 bits per heavy atom. The van der Waals surface area contributed by atoms with E-state index in [9.17, 15) is 10.1 Å². The highest BCUT2D eigenvalue weighted by atomic mass is 16.5. The molecule has 0 saturated heterocycles. The molecule has 1 aromatic heterocycles. The van der Waals surface area contributed by atoms with Crippen molar-refractivity contribution in [2.24, 2.45) is 0 Å². The summed E-state index contributed by atoms with van der Waals surface area (Å²) in [6.07, 6.45) is 0.925. The Labute approximate surface area is 175 Å². The van der Waals surface area contributed by atoms with E-state index < -0.39 is 0 Å². The molecule has 0 radical (unpaired) electrons. The van der Waals surface area contributed by atoms with E-state index in [0.29, 0.717) is 41.5 Å².